The molecule has 21 heavy (non-hydrogen) atoms. The SMILES string of the molecule is CN1CCN(c2nc(NN)nc(-n3cncn3)n2)CC1=O. The third-order valence-corrected chi connectivity index (χ3v) is 3.10. The van der Waals surface area contributed by atoms with Crippen LogP contribution in [0.5, 0.6) is 0 Å². The summed E-state index contributed by atoms with van der Waals surface area (Å²) in [6.07, 6.45) is 2.84. The Hall–Kier alpha value is -2.82. The number of nitrogen functional groups attached to an aromatic ring is 1. The molecular formula is C10H14N10O. The molecule has 11 nitrogen and oxygen atoms in total. The van der Waals surface area contributed by atoms with Gasteiger partial charge in [0.25, 0.3) is 5.95 Å². The normalized spacial score (nSPS) is 15.4. The van der Waals surface area contributed by atoms with E-state index in [0.717, 1.165) is 0 Å². The fourth-order valence-electron chi connectivity index (χ4n) is 1.90. The highest BCUT2D eigenvalue weighted by atomic mass is 16.2. The molecular weight excluding hydrogens is 276 g/mol. The maximum atomic E-state index is 11.8. The van der Waals surface area contributed by atoms with Crippen molar-refractivity contribution in [3.05, 3.63) is 12.7 Å². The Morgan fingerprint density at radius 3 is 2.71 bits per heavy atom. The predicted octanol–water partition coefficient (Wildman–Crippen LogP) is -1.98. The van der Waals surface area contributed by atoms with Crippen LogP contribution in [0, 0.1) is 0 Å². The van der Waals surface area contributed by atoms with E-state index in [1.807, 2.05) is 0 Å². The Labute approximate surface area is 119 Å². The molecule has 11 heteroatoms. The molecule has 1 aliphatic rings. The van der Waals surface area contributed by atoms with Gasteiger partial charge in [0, 0.05) is 20.1 Å². The molecule has 0 saturated carbocycles. The lowest BCUT2D eigenvalue weighted by Gasteiger charge is -2.31. The molecule has 1 fully saturated rings. The van der Waals surface area contributed by atoms with E-state index in [1.54, 1.807) is 16.8 Å². The summed E-state index contributed by atoms with van der Waals surface area (Å²) in [4.78, 5) is 31.7. The van der Waals surface area contributed by atoms with Crippen LogP contribution in [0.3, 0.4) is 0 Å². The molecule has 0 unspecified atom stereocenters. The van der Waals surface area contributed by atoms with Crippen LogP contribution >= 0.6 is 0 Å². The van der Waals surface area contributed by atoms with E-state index in [0.29, 0.717) is 19.0 Å². The molecule has 110 valence electrons. The lowest BCUT2D eigenvalue weighted by molar-refractivity contribution is -0.129. The smallest absolute Gasteiger partial charge is 0.258 e. The lowest BCUT2D eigenvalue weighted by atomic mass is 10.3. The fourth-order valence-corrected chi connectivity index (χ4v) is 1.90. The summed E-state index contributed by atoms with van der Waals surface area (Å²) in [6.45, 7) is 1.45. The molecule has 2 aromatic heterocycles. The number of nitrogens with zero attached hydrogens (tertiary/aromatic N) is 8. The van der Waals surface area contributed by atoms with Gasteiger partial charge in [0.15, 0.2) is 0 Å². The number of carbonyl (C=O) groups is 1. The van der Waals surface area contributed by atoms with Gasteiger partial charge >= 0.3 is 0 Å². The van der Waals surface area contributed by atoms with Crippen molar-refractivity contribution < 1.29 is 4.79 Å². The molecule has 0 aromatic carbocycles. The molecule has 0 aliphatic carbocycles. The van der Waals surface area contributed by atoms with Crippen molar-refractivity contribution in [3.8, 4) is 5.95 Å². The Kier molecular flexibility index (Phi) is 3.31. The van der Waals surface area contributed by atoms with Crippen LogP contribution in [0.4, 0.5) is 11.9 Å². The fraction of sp³-hybridized carbons (Fsp3) is 0.400. The number of hydrogen-bond acceptors (Lipinski definition) is 9. The molecule has 0 spiro atoms. The topological polar surface area (TPSA) is 131 Å². The minimum absolute atomic E-state index is 0.00576. The zero-order valence-corrected chi connectivity index (χ0v) is 11.3. The van der Waals surface area contributed by atoms with Crippen molar-refractivity contribution in [1.29, 1.82) is 0 Å². The van der Waals surface area contributed by atoms with E-state index >= 15 is 0 Å². The van der Waals surface area contributed by atoms with Crippen LogP contribution < -0.4 is 16.2 Å². The van der Waals surface area contributed by atoms with Crippen molar-refractivity contribution in [2.75, 3.05) is 37.0 Å². The van der Waals surface area contributed by atoms with Crippen LogP contribution in [-0.4, -0.2) is 67.2 Å². The van der Waals surface area contributed by atoms with E-state index in [9.17, 15) is 4.79 Å². The Morgan fingerprint density at radius 2 is 2.05 bits per heavy atom. The number of piperazine rings is 1. The van der Waals surface area contributed by atoms with Gasteiger partial charge in [0.1, 0.15) is 12.7 Å². The first-order valence-corrected chi connectivity index (χ1v) is 6.24. The van der Waals surface area contributed by atoms with Gasteiger partial charge < -0.3 is 9.80 Å². The summed E-state index contributed by atoms with van der Waals surface area (Å²) >= 11 is 0. The van der Waals surface area contributed by atoms with Gasteiger partial charge in [0.2, 0.25) is 17.8 Å². The van der Waals surface area contributed by atoms with Crippen molar-refractivity contribution in [3.63, 3.8) is 0 Å². The van der Waals surface area contributed by atoms with E-state index in [2.05, 4.69) is 30.5 Å². The van der Waals surface area contributed by atoms with Gasteiger partial charge in [-0.1, -0.05) is 0 Å². The van der Waals surface area contributed by atoms with Crippen LogP contribution in [-0.2, 0) is 4.79 Å². The highest BCUT2D eigenvalue weighted by Crippen LogP contribution is 2.14. The first kappa shape index (κ1) is 13.2. The van der Waals surface area contributed by atoms with Gasteiger partial charge in [-0.15, -0.1) is 0 Å². The van der Waals surface area contributed by atoms with E-state index < -0.39 is 0 Å². The van der Waals surface area contributed by atoms with Crippen molar-refractivity contribution in [1.82, 2.24) is 34.6 Å². The molecule has 2 aromatic rings. The minimum Gasteiger partial charge on any atom is -0.342 e. The standard InChI is InChI=1S/C10H14N10O/c1-18-2-3-19(4-7(18)21)9-14-8(17-11)15-10(16-9)20-6-12-5-13-20/h5-6H,2-4,11H2,1H3,(H,14,15,16,17). The summed E-state index contributed by atoms with van der Waals surface area (Å²) in [6, 6.07) is 0. The number of carbonyl (C=O) groups excluding carboxylic acids is 1. The van der Waals surface area contributed by atoms with E-state index in [-0.39, 0.29) is 24.3 Å². The number of amides is 1. The summed E-state index contributed by atoms with van der Waals surface area (Å²) in [7, 11) is 1.76. The predicted molar refractivity (Wildman–Crippen MR) is 72.4 cm³/mol. The monoisotopic (exact) mass is 290 g/mol. The zero-order chi connectivity index (χ0) is 14.8. The Bertz CT molecular complexity index is 641. The molecule has 0 atom stereocenters. The van der Waals surface area contributed by atoms with E-state index in [1.165, 1.54) is 17.3 Å². The second-order valence-electron chi connectivity index (χ2n) is 4.48. The molecule has 3 N–H and O–H groups in total. The minimum atomic E-state index is 0.00576. The van der Waals surface area contributed by atoms with Crippen LogP contribution in [0.15, 0.2) is 12.7 Å². The van der Waals surface area contributed by atoms with Gasteiger partial charge in [-0.05, 0) is 0 Å². The van der Waals surface area contributed by atoms with Crippen LogP contribution in [0.1, 0.15) is 0 Å². The second-order valence-corrected chi connectivity index (χ2v) is 4.48. The molecule has 3 heterocycles. The second kappa shape index (κ2) is 5.28. The first-order chi connectivity index (χ1) is 10.2. The Morgan fingerprint density at radius 1 is 1.24 bits per heavy atom. The quantitative estimate of drug-likeness (QED) is 0.487. The summed E-state index contributed by atoms with van der Waals surface area (Å²) in [5, 5.41) is 3.97. The van der Waals surface area contributed by atoms with Gasteiger partial charge in [-0.2, -0.15) is 24.7 Å². The summed E-state index contributed by atoms with van der Waals surface area (Å²) in [5.41, 5.74) is 2.38. The highest BCUT2D eigenvalue weighted by Gasteiger charge is 2.24. The average molecular weight is 290 g/mol. The van der Waals surface area contributed by atoms with Crippen molar-refractivity contribution in [2.24, 2.45) is 5.84 Å². The molecule has 1 amide bonds. The average Bonchev–Trinajstić information content (AvgIpc) is 3.04. The molecule has 0 radical (unpaired) electrons. The van der Waals surface area contributed by atoms with Crippen molar-refractivity contribution in [2.45, 2.75) is 0 Å². The van der Waals surface area contributed by atoms with Crippen LogP contribution in [0.2, 0.25) is 0 Å². The number of hydrazine groups is 1. The molecule has 3 rings (SSSR count). The zero-order valence-electron chi connectivity index (χ0n) is 11.3. The lowest BCUT2D eigenvalue weighted by Crippen LogP contribution is -2.49. The maximum Gasteiger partial charge on any atom is 0.258 e. The first-order valence-electron chi connectivity index (χ1n) is 6.24. The highest BCUT2D eigenvalue weighted by molar-refractivity contribution is 5.81. The van der Waals surface area contributed by atoms with Gasteiger partial charge in [0.05, 0.1) is 6.54 Å². The summed E-state index contributed by atoms with van der Waals surface area (Å²) < 4.78 is 1.39. The number of rotatable bonds is 3. The molecule has 1 aliphatic heterocycles. The van der Waals surface area contributed by atoms with Crippen molar-refractivity contribution >= 4 is 17.8 Å². The number of anilines is 2. The number of likely N-dealkylation sites (N-methyl/N-ethyl adjacent to an activating group) is 1. The largest absolute Gasteiger partial charge is 0.342 e. The third kappa shape index (κ3) is 2.58. The number of nitrogens with two attached hydrogens (primary N) is 1. The molecule has 1 saturated heterocycles. The third-order valence-electron chi connectivity index (χ3n) is 3.10. The molecule has 0 bridgehead atoms. The number of aromatic nitrogens is 6. The van der Waals surface area contributed by atoms with E-state index in [4.69, 9.17) is 5.84 Å². The summed E-state index contributed by atoms with van der Waals surface area (Å²) in [5.74, 6) is 6.22. The van der Waals surface area contributed by atoms with Gasteiger partial charge in [-0.3, -0.25) is 10.2 Å². The van der Waals surface area contributed by atoms with Gasteiger partial charge in [-0.25, -0.2) is 10.8 Å². The maximum absolute atomic E-state index is 11.8. The van der Waals surface area contributed by atoms with Crippen LogP contribution in [0.25, 0.3) is 5.95 Å². The number of hydrogen-bond donors (Lipinski definition) is 2. The Balaban J connectivity index is 1.95. The number of nitrogens with one attached hydrogen (secondary N) is 1.